The van der Waals surface area contributed by atoms with E-state index in [0.29, 0.717) is 0 Å². The first kappa shape index (κ1) is 16.2. The number of hydrogen-bond acceptors (Lipinski definition) is 3. The molecule has 0 aliphatic rings. The number of amides is 3. The molecule has 6 nitrogen and oxygen atoms in total. The van der Waals surface area contributed by atoms with Crippen molar-refractivity contribution in [1.29, 1.82) is 0 Å². The molecule has 0 atom stereocenters. The molecule has 3 amide bonds. The fourth-order valence-electron chi connectivity index (χ4n) is 1.95. The summed E-state index contributed by atoms with van der Waals surface area (Å²) in [5.41, 5.74) is 7.57. The Morgan fingerprint density at radius 3 is 2.26 bits per heavy atom. The summed E-state index contributed by atoms with van der Waals surface area (Å²) in [5.74, 6) is -2.32. The lowest BCUT2D eigenvalue weighted by Gasteiger charge is -2.09. The van der Waals surface area contributed by atoms with Crippen molar-refractivity contribution in [2.75, 3.05) is 5.32 Å². The second kappa shape index (κ2) is 7.22. The molecule has 0 unspecified atom stereocenters. The molecule has 0 radical (unpaired) electrons. The summed E-state index contributed by atoms with van der Waals surface area (Å²) >= 11 is 0. The van der Waals surface area contributed by atoms with E-state index < -0.39 is 17.7 Å². The number of anilines is 1. The molecule has 2 aromatic carbocycles. The Labute approximate surface area is 133 Å². The van der Waals surface area contributed by atoms with Gasteiger partial charge in [-0.05, 0) is 24.6 Å². The maximum absolute atomic E-state index is 11.9. The number of rotatable bonds is 4. The summed E-state index contributed by atoms with van der Waals surface area (Å²) in [7, 11) is 0. The molecule has 2 aromatic rings. The third-order valence-corrected chi connectivity index (χ3v) is 3.22. The second-order valence-electron chi connectivity index (χ2n) is 5.03. The molecule has 23 heavy (non-hydrogen) atoms. The van der Waals surface area contributed by atoms with Crippen LogP contribution < -0.4 is 16.4 Å². The van der Waals surface area contributed by atoms with Crippen LogP contribution in [0.5, 0.6) is 0 Å². The monoisotopic (exact) mass is 311 g/mol. The molecule has 0 aliphatic carbocycles. The smallest absolute Gasteiger partial charge is 0.313 e. The number of hydrogen-bond donors (Lipinski definition) is 3. The van der Waals surface area contributed by atoms with E-state index in [-0.39, 0.29) is 17.8 Å². The zero-order chi connectivity index (χ0) is 16.8. The van der Waals surface area contributed by atoms with Crippen molar-refractivity contribution in [1.82, 2.24) is 5.32 Å². The van der Waals surface area contributed by atoms with Crippen LogP contribution in [0.1, 0.15) is 21.5 Å². The Bertz CT molecular complexity index is 739. The number of carbonyl (C=O) groups is 3. The van der Waals surface area contributed by atoms with Gasteiger partial charge in [0, 0.05) is 6.54 Å². The number of benzene rings is 2. The van der Waals surface area contributed by atoms with Gasteiger partial charge in [0.1, 0.15) is 0 Å². The first-order valence-corrected chi connectivity index (χ1v) is 7.01. The number of carbonyl (C=O) groups excluding carboxylic acids is 3. The van der Waals surface area contributed by atoms with E-state index in [1.807, 2.05) is 31.2 Å². The molecule has 4 N–H and O–H groups in total. The molecule has 0 bridgehead atoms. The van der Waals surface area contributed by atoms with E-state index in [9.17, 15) is 14.4 Å². The summed E-state index contributed by atoms with van der Waals surface area (Å²) < 4.78 is 0. The van der Waals surface area contributed by atoms with Crippen molar-refractivity contribution < 1.29 is 14.4 Å². The Morgan fingerprint density at radius 1 is 0.957 bits per heavy atom. The minimum absolute atomic E-state index is 0.146. The van der Waals surface area contributed by atoms with Gasteiger partial charge in [-0.1, -0.05) is 42.0 Å². The summed E-state index contributed by atoms with van der Waals surface area (Å²) in [5, 5.41) is 4.91. The van der Waals surface area contributed by atoms with Crippen LogP contribution in [0.3, 0.4) is 0 Å². The van der Waals surface area contributed by atoms with Crippen LogP contribution in [0, 0.1) is 6.92 Å². The van der Waals surface area contributed by atoms with Gasteiger partial charge in [-0.3, -0.25) is 14.4 Å². The number of aryl methyl sites for hydroxylation is 1. The second-order valence-corrected chi connectivity index (χ2v) is 5.03. The minimum Gasteiger partial charge on any atom is -0.366 e. The van der Waals surface area contributed by atoms with Crippen LogP contribution in [0.15, 0.2) is 48.5 Å². The number of para-hydroxylation sites is 1. The SMILES string of the molecule is Cc1ccc(CNC(=O)C(=O)Nc2ccccc2C(N)=O)cc1. The van der Waals surface area contributed by atoms with Gasteiger partial charge in [-0.25, -0.2) is 0 Å². The zero-order valence-corrected chi connectivity index (χ0v) is 12.6. The number of nitrogens with one attached hydrogen (secondary N) is 2. The molecule has 0 fully saturated rings. The van der Waals surface area contributed by atoms with Crippen molar-refractivity contribution in [3.8, 4) is 0 Å². The van der Waals surface area contributed by atoms with E-state index in [4.69, 9.17) is 5.73 Å². The summed E-state index contributed by atoms with van der Waals surface area (Å²) in [6.45, 7) is 2.20. The highest BCUT2D eigenvalue weighted by Gasteiger charge is 2.16. The average molecular weight is 311 g/mol. The topological polar surface area (TPSA) is 101 Å². The van der Waals surface area contributed by atoms with Gasteiger partial charge in [-0.2, -0.15) is 0 Å². The fraction of sp³-hybridized carbons (Fsp3) is 0.118. The molecule has 0 saturated heterocycles. The highest BCUT2D eigenvalue weighted by atomic mass is 16.2. The molecule has 0 aliphatic heterocycles. The molecule has 0 saturated carbocycles. The summed E-state index contributed by atoms with van der Waals surface area (Å²) in [6.07, 6.45) is 0. The molecule has 0 heterocycles. The van der Waals surface area contributed by atoms with E-state index in [1.165, 1.54) is 12.1 Å². The normalized spacial score (nSPS) is 9.96. The number of nitrogens with two attached hydrogens (primary N) is 1. The molecule has 2 rings (SSSR count). The molecule has 0 spiro atoms. The van der Waals surface area contributed by atoms with Crippen LogP contribution >= 0.6 is 0 Å². The number of primary amides is 1. The Hall–Kier alpha value is -3.15. The lowest BCUT2D eigenvalue weighted by Crippen LogP contribution is -2.35. The average Bonchev–Trinajstić information content (AvgIpc) is 2.54. The highest BCUT2D eigenvalue weighted by molar-refractivity contribution is 6.40. The van der Waals surface area contributed by atoms with Gasteiger partial charge in [0.05, 0.1) is 11.3 Å². The summed E-state index contributed by atoms with van der Waals surface area (Å²) in [4.78, 5) is 35.0. The largest absolute Gasteiger partial charge is 0.366 e. The van der Waals surface area contributed by atoms with Gasteiger partial charge in [0.25, 0.3) is 5.91 Å². The molecular weight excluding hydrogens is 294 g/mol. The van der Waals surface area contributed by atoms with Gasteiger partial charge in [0.15, 0.2) is 0 Å². The van der Waals surface area contributed by atoms with Crippen molar-refractivity contribution in [2.24, 2.45) is 5.73 Å². The lowest BCUT2D eigenvalue weighted by atomic mass is 10.1. The van der Waals surface area contributed by atoms with Crippen molar-refractivity contribution in [3.05, 3.63) is 65.2 Å². The Kier molecular flexibility index (Phi) is 5.09. The van der Waals surface area contributed by atoms with Crippen LogP contribution in [-0.4, -0.2) is 17.7 Å². The Morgan fingerprint density at radius 2 is 1.61 bits per heavy atom. The van der Waals surface area contributed by atoms with Crippen LogP contribution in [0.4, 0.5) is 5.69 Å². The van der Waals surface area contributed by atoms with Crippen LogP contribution in [0.2, 0.25) is 0 Å². The van der Waals surface area contributed by atoms with Gasteiger partial charge >= 0.3 is 11.8 Å². The molecule has 118 valence electrons. The molecule has 6 heteroatoms. The van der Waals surface area contributed by atoms with Gasteiger partial charge in [0.2, 0.25) is 0 Å². The third kappa shape index (κ3) is 4.41. The zero-order valence-electron chi connectivity index (χ0n) is 12.6. The van der Waals surface area contributed by atoms with E-state index >= 15 is 0 Å². The maximum atomic E-state index is 11.9. The molecular formula is C17H17N3O3. The standard InChI is InChI=1S/C17H17N3O3/c1-11-6-8-12(9-7-11)10-19-16(22)17(23)20-14-5-3-2-4-13(14)15(18)21/h2-9H,10H2,1H3,(H2,18,21)(H,19,22)(H,20,23). The minimum atomic E-state index is -0.856. The van der Waals surface area contributed by atoms with E-state index in [2.05, 4.69) is 10.6 Å². The van der Waals surface area contributed by atoms with Gasteiger partial charge < -0.3 is 16.4 Å². The van der Waals surface area contributed by atoms with E-state index in [0.717, 1.165) is 11.1 Å². The van der Waals surface area contributed by atoms with Crippen LogP contribution in [-0.2, 0) is 16.1 Å². The van der Waals surface area contributed by atoms with Gasteiger partial charge in [-0.15, -0.1) is 0 Å². The lowest BCUT2D eigenvalue weighted by molar-refractivity contribution is -0.136. The highest BCUT2D eigenvalue weighted by Crippen LogP contribution is 2.14. The quantitative estimate of drug-likeness (QED) is 0.743. The van der Waals surface area contributed by atoms with Crippen molar-refractivity contribution in [2.45, 2.75) is 13.5 Å². The Balaban J connectivity index is 1.96. The van der Waals surface area contributed by atoms with Crippen molar-refractivity contribution in [3.63, 3.8) is 0 Å². The predicted octanol–water partition coefficient (Wildman–Crippen LogP) is 1.35. The summed E-state index contributed by atoms with van der Waals surface area (Å²) in [6, 6.07) is 13.8. The fourth-order valence-corrected chi connectivity index (χ4v) is 1.95. The molecule has 0 aromatic heterocycles. The first-order valence-electron chi connectivity index (χ1n) is 7.01. The van der Waals surface area contributed by atoms with Crippen LogP contribution in [0.25, 0.3) is 0 Å². The third-order valence-electron chi connectivity index (χ3n) is 3.22. The van der Waals surface area contributed by atoms with E-state index in [1.54, 1.807) is 12.1 Å². The maximum Gasteiger partial charge on any atom is 0.313 e. The first-order chi connectivity index (χ1) is 11.0. The van der Waals surface area contributed by atoms with Crippen molar-refractivity contribution >= 4 is 23.4 Å². The predicted molar refractivity (Wildman–Crippen MR) is 86.6 cm³/mol.